The van der Waals surface area contributed by atoms with Crippen LogP contribution in [-0.2, 0) is 6.61 Å². The minimum absolute atomic E-state index is 0.139. The number of hydrogen-bond acceptors (Lipinski definition) is 2. The van der Waals surface area contributed by atoms with Gasteiger partial charge in [-0.05, 0) is 36.2 Å². The van der Waals surface area contributed by atoms with Crippen LogP contribution in [0.2, 0.25) is 5.02 Å². The maximum absolute atomic E-state index is 14.1. The molecule has 21 heavy (non-hydrogen) atoms. The average molecular weight is 312 g/mol. The maximum Gasteiger partial charge on any atom is 0.149 e. The van der Waals surface area contributed by atoms with Crippen LogP contribution in [0.1, 0.15) is 24.1 Å². The predicted octanol–water partition coefficient (Wildman–Crippen LogP) is 4.31. The van der Waals surface area contributed by atoms with E-state index in [4.69, 9.17) is 16.7 Å². The summed E-state index contributed by atoms with van der Waals surface area (Å²) < 4.78 is 28.2. The molecule has 0 saturated carbocycles. The van der Waals surface area contributed by atoms with E-state index in [1.807, 2.05) is 19.1 Å². The van der Waals surface area contributed by atoms with E-state index in [0.717, 1.165) is 17.7 Å². The molecular formula is C16H16ClF2NO. The molecule has 1 atom stereocenters. The molecule has 5 heteroatoms. The zero-order chi connectivity index (χ0) is 15.6. The van der Waals surface area contributed by atoms with Gasteiger partial charge in [-0.3, -0.25) is 0 Å². The van der Waals surface area contributed by atoms with Crippen LogP contribution >= 0.6 is 11.6 Å². The number of halogens is 3. The number of rotatable bonds is 4. The van der Waals surface area contributed by atoms with Crippen LogP contribution in [0.4, 0.5) is 14.5 Å². The van der Waals surface area contributed by atoms with E-state index in [1.165, 1.54) is 4.90 Å². The summed E-state index contributed by atoms with van der Waals surface area (Å²) in [6.07, 6.45) is 0. The molecule has 2 nitrogen and oxygen atoms in total. The van der Waals surface area contributed by atoms with Crippen molar-refractivity contribution in [1.29, 1.82) is 0 Å². The van der Waals surface area contributed by atoms with Gasteiger partial charge in [0.25, 0.3) is 0 Å². The summed E-state index contributed by atoms with van der Waals surface area (Å²) in [5.41, 5.74) is 0.846. The van der Waals surface area contributed by atoms with E-state index in [-0.39, 0.29) is 17.3 Å². The Hall–Kier alpha value is -1.65. The van der Waals surface area contributed by atoms with Crippen LogP contribution in [-0.4, -0.2) is 12.2 Å². The van der Waals surface area contributed by atoms with E-state index in [9.17, 15) is 8.78 Å². The summed E-state index contributed by atoms with van der Waals surface area (Å²) in [6.45, 7) is 1.41. The average Bonchev–Trinajstić information content (AvgIpc) is 2.46. The van der Waals surface area contributed by atoms with Crippen LogP contribution in [0.15, 0.2) is 36.4 Å². The van der Waals surface area contributed by atoms with Crippen molar-refractivity contribution >= 4 is 17.3 Å². The van der Waals surface area contributed by atoms with Crippen molar-refractivity contribution in [1.82, 2.24) is 0 Å². The number of nitrogens with zero attached hydrogens (tertiary/aromatic N) is 1. The Morgan fingerprint density at radius 3 is 2.29 bits per heavy atom. The number of anilines is 1. The fourth-order valence-corrected chi connectivity index (χ4v) is 2.56. The molecule has 0 fully saturated rings. The first-order valence-electron chi connectivity index (χ1n) is 6.51. The normalized spacial score (nSPS) is 12.3. The first-order valence-corrected chi connectivity index (χ1v) is 6.89. The third-order valence-corrected chi connectivity index (χ3v) is 3.89. The van der Waals surface area contributed by atoms with Crippen molar-refractivity contribution < 1.29 is 13.9 Å². The van der Waals surface area contributed by atoms with Gasteiger partial charge in [-0.25, -0.2) is 8.78 Å². The lowest BCUT2D eigenvalue weighted by Crippen LogP contribution is -2.24. The first-order chi connectivity index (χ1) is 9.95. The third kappa shape index (κ3) is 3.17. The molecule has 2 aromatic rings. The minimum atomic E-state index is -0.708. The van der Waals surface area contributed by atoms with Gasteiger partial charge < -0.3 is 10.0 Å². The molecule has 1 N–H and O–H groups in total. The van der Waals surface area contributed by atoms with E-state index >= 15 is 0 Å². The zero-order valence-electron chi connectivity index (χ0n) is 11.8. The number of aliphatic hydroxyl groups is 1. The molecule has 2 rings (SSSR count). The number of aliphatic hydroxyl groups excluding tert-OH is 1. The van der Waals surface area contributed by atoms with Crippen molar-refractivity contribution in [2.45, 2.75) is 19.6 Å². The fraction of sp³-hybridized carbons (Fsp3) is 0.250. The summed E-state index contributed by atoms with van der Waals surface area (Å²) in [5.74, 6) is -1.42. The molecule has 0 amide bonds. The SMILES string of the molecule is CC(c1ccccc1Cl)N(C)c1c(F)cc(CO)cc1F. The van der Waals surface area contributed by atoms with Gasteiger partial charge in [-0.2, -0.15) is 0 Å². The van der Waals surface area contributed by atoms with Crippen LogP contribution in [0.3, 0.4) is 0 Å². The topological polar surface area (TPSA) is 23.5 Å². The van der Waals surface area contributed by atoms with Crippen LogP contribution in [0.5, 0.6) is 0 Å². The standard InChI is InChI=1S/C16H16ClF2NO/c1-10(12-5-3-4-6-13(12)17)20(2)16-14(18)7-11(9-21)8-15(16)19/h3-8,10,21H,9H2,1-2H3. The second kappa shape index (κ2) is 6.41. The van der Waals surface area contributed by atoms with Crippen LogP contribution < -0.4 is 4.90 Å². The Morgan fingerprint density at radius 2 is 1.76 bits per heavy atom. The van der Waals surface area contributed by atoms with Crippen molar-refractivity contribution in [3.05, 3.63) is 64.2 Å². The predicted molar refractivity (Wildman–Crippen MR) is 80.6 cm³/mol. The molecule has 0 saturated heterocycles. The van der Waals surface area contributed by atoms with Gasteiger partial charge in [-0.15, -0.1) is 0 Å². The van der Waals surface area contributed by atoms with E-state index in [0.29, 0.717) is 5.02 Å². The van der Waals surface area contributed by atoms with E-state index < -0.39 is 18.2 Å². The van der Waals surface area contributed by atoms with Gasteiger partial charge in [0.15, 0.2) is 0 Å². The zero-order valence-corrected chi connectivity index (χ0v) is 12.5. The molecule has 2 aromatic carbocycles. The molecule has 112 valence electrons. The van der Waals surface area contributed by atoms with Crippen molar-refractivity contribution in [2.75, 3.05) is 11.9 Å². The third-order valence-electron chi connectivity index (χ3n) is 3.55. The highest BCUT2D eigenvalue weighted by atomic mass is 35.5. The second-order valence-corrected chi connectivity index (χ2v) is 5.28. The highest BCUT2D eigenvalue weighted by molar-refractivity contribution is 6.31. The minimum Gasteiger partial charge on any atom is -0.392 e. The quantitative estimate of drug-likeness (QED) is 0.909. The van der Waals surface area contributed by atoms with Crippen molar-refractivity contribution in [3.8, 4) is 0 Å². The monoisotopic (exact) mass is 311 g/mol. The van der Waals surface area contributed by atoms with Crippen molar-refractivity contribution in [2.24, 2.45) is 0 Å². The Labute approximate surface area is 127 Å². The number of benzene rings is 2. The van der Waals surface area contributed by atoms with Crippen LogP contribution in [0, 0.1) is 11.6 Å². The van der Waals surface area contributed by atoms with Gasteiger partial charge in [0.05, 0.1) is 12.6 Å². The highest BCUT2D eigenvalue weighted by Crippen LogP contribution is 2.33. The summed E-state index contributed by atoms with van der Waals surface area (Å²) in [4.78, 5) is 1.49. The lowest BCUT2D eigenvalue weighted by Gasteiger charge is -2.29. The molecule has 0 aliphatic heterocycles. The van der Waals surface area contributed by atoms with Gasteiger partial charge in [0, 0.05) is 12.1 Å². The van der Waals surface area contributed by atoms with E-state index in [2.05, 4.69) is 0 Å². The summed E-state index contributed by atoms with van der Waals surface area (Å²) in [5, 5.41) is 9.52. The van der Waals surface area contributed by atoms with Crippen molar-refractivity contribution in [3.63, 3.8) is 0 Å². The molecule has 0 aromatic heterocycles. The molecular weight excluding hydrogens is 296 g/mol. The number of hydrogen-bond donors (Lipinski definition) is 1. The smallest absolute Gasteiger partial charge is 0.149 e. The second-order valence-electron chi connectivity index (χ2n) is 4.87. The fourth-order valence-electron chi connectivity index (χ4n) is 2.26. The summed E-state index contributed by atoms with van der Waals surface area (Å²) in [6, 6.07) is 9.15. The van der Waals surface area contributed by atoms with Crippen LogP contribution in [0.25, 0.3) is 0 Å². The Balaban J connectivity index is 2.40. The Kier molecular flexibility index (Phi) is 4.80. The summed E-state index contributed by atoms with van der Waals surface area (Å²) in [7, 11) is 1.61. The van der Waals surface area contributed by atoms with Gasteiger partial charge in [0.1, 0.15) is 17.3 Å². The molecule has 0 spiro atoms. The Morgan fingerprint density at radius 1 is 1.19 bits per heavy atom. The molecule has 0 aliphatic carbocycles. The van der Waals surface area contributed by atoms with Gasteiger partial charge >= 0.3 is 0 Å². The Bertz CT molecular complexity index is 625. The lowest BCUT2D eigenvalue weighted by atomic mass is 10.1. The molecule has 0 bridgehead atoms. The first kappa shape index (κ1) is 15.7. The van der Waals surface area contributed by atoms with Gasteiger partial charge in [-0.1, -0.05) is 29.8 Å². The summed E-state index contributed by atoms with van der Waals surface area (Å²) >= 11 is 6.13. The van der Waals surface area contributed by atoms with Gasteiger partial charge in [0.2, 0.25) is 0 Å². The molecule has 1 unspecified atom stereocenters. The highest BCUT2D eigenvalue weighted by Gasteiger charge is 2.21. The molecule has 0 radical (unpaired) electrons. The maximum atomic E-state index is 14.1. The molecule has 0 heterocycles. The molecule has 0 aliphatic rings. The lowest BCUT2D eigenvalue weighted by molar-refractivity contribution is 0.280. The largest absolute Gasteiger partial charge is 0.392 e. The van der Waals surface area contributed by atoms with E-state index in [1.54, 1.807) is 19.2 Å².